The Kier molecular flexibility index (Phi) is 4.62. The van der Waals surface area contributed by atoms with E-state index in [0.717, 1.165) is 17.5 Å². The number of carbonyl (C=O) groups excluding carboxylic acids is 1. The SMILES string of the molecule is CC(c1ccc(Cl)cc1)N(C)c1ccc(C=O)cc1C#N. The molecule has 0 bridgehead atoms. The van der Waals surface area contributed by atoms with Gasteiger partial charge in [0, 0.05) is 17.6 Å². The van der Waals surface area contributed by atoms with Crippen LogP contribution in [0.15, 0.2) is 42.5 Å². The van der Waals surface area contributed by atoms with E-state index in [1.165, 1.54) is 0 Å². The number of hydrogen-bond donors (Lipinski definition) is 0. The van der Waals surface area contributed by atoms with Crippen LogP contribution in [0.4, 0.5) is 5.69 Å². The second-order valence-corrected chi connectivity index (χ2v) is 5.28. The minimum atomic E-state index is 0.0800. The maximum Gasteiger partial charge on any atom is 0.150 e. The Hall–Kier alpha value is -2.31. The summed E-state index contributed by atoms with van der Waals surface area (Å²) < 4.78 is 0. The molecule has 2 aromatic rings. The van der Waals surface area contributed by atoms with E-state index in [1.807, 2.05) is 36.2 Å². The zero-order chi connectivity index (χ0) is 15.4. The number of halogens is 1. The van der Waals surface area contributed by atoms with Crippen molar-refractivity contribution in [2.24, 2.45) is 0 Å². The Labute approximate surface area is 129 Å². The highest BCUT2D eigenvalue weighted by molar-refractivity contribution is 6.30. The standard InChI is InChI=1S/C17H15ClN2O/c1-12(14-4-6-16(18)7-5-14)20(2)17-8-3-13(11-21)9-15(17)10-19/h3-9,11-12H,1-2H3. The monoisotopic (exact) mass is 298 g/mol. The molecule has 1 unspecified atom stereocenters. The van der Waals surface area contributed by atoms with Gasteiger partial charge in [-0.25, -0.2) is 0 Å². The zero-order valence-electron chi connectivity index (χ0n) is 11.9. The number of rotatable bonds is 4. The first-order valence-electron chi connectivity index (χ1n) is 6.54. The van der Waals surface area contributed by atoms with Crippen LogP contribution in [0.3, 0.4) is 0 Å². The van der Waals surface area contributed by atoms with E-state index in [1.54, 1.807) is 18.2 Å². The topological polar surface area (TPSA) is 44.1 Å². The summed E-state index contributed by atoms with van der Waals surface area (Å²) in [6.07, 6.45) is 0.743. The van der Waals surface area contributed by atoms with Crippen LogP contribution in [0.25, 0.3) is 0 Å². The molecule has 4 heteroatoms. The van der Waals surface area contributed by atoms with Crippen LogP contribution >= 0.6 is 11.6 Å². The van der Waals surface area contributed by atoms with Crippen LogP contribution in [-0.4, -0.2) is 13.3 Å². The fourth-order valence-electron chi connectivity index (χ4n) is 2.20. The Morgan fingerprint density at radius 3 is 2.48 bits per heavy atom. The normalized spacial score (nSPS) is 11.5. The minimum Gasteiger partial charge on any atom is -0.367 e. The second-order valence-electron chi connectivity index (χ2n) is 4.84. The van der Waals surface area contributed by atoms with Gasteiger partial charge >= 0.3 is 0 Å². The molecule has 0 amide bonds. The van der Waals surface area contributed by atoms with Crippen molar-refractivity contribution in [2.75, 3.05) is 11.9 Å². The molecule has 0 N–H and O–H groups in total. The summed E-state index contributed by atoms with van der Waals surface area (Å²) in [5.74, 6) is 0. The van der Waals surface area contributed by atoms with Crippen molar-refractivity contribution in [3.05, 3.63) is 64.2 Å². The van der Waals surface area contributed by atoms with Gasteiger partial charge in [-0.15, -0.1) is 0 Å². The summed E-state index contributed by atoms with van der Waals surface area (Å²) >= 11 is 5.90. The molecule has 3 nitrogen and oxygen atoms in total. The van der Waals surface area contributed by atoms with Gasteiger partial charge in [-0.3, -0.25) is 4.79 Å². The first-order valence-corrected chi connectivity index (χ1v) is 6.92. The lowest BCUT2D eigenvalue weighted by Crippen LogP contribution is -2.22. The summed E-state index contributed by atoms with van der Waals surface area (Å²) in [6, 6.07) is 15.0. The molecule has 0 radical (unpaired) electrons. The number of nitrogens with zero attached hydrogens (tertiary/aromatic N) is 2. The van der Waals surface area contributed by atoms with E-state index >= 15 is 0 Å². The van der Waals surface area contributed by atoms with Crippen molar-refractivity contribution in [1.29, 1.82) is 5.26 Å². The van der Waals surface area contributed by atoms with Crippen molar-refractivity contribution >= 4 is 23.6 Å². The molecule has 0 aromatic heterocycles. The van der Waals surface area contributed by atoms with Crippen LogP contribution < -0.4 is 4.90 Å². The van der Waals surface area contributed by atoms with Crippen LogP contribution in [0.2, 0.25) is 5.02 Å². The molecule has 1 atom stereocenters. The maximum atomic E-state index is 10.8. The van der Waals surface area contributed by atoms with E-state index in [-0.39, 0.29) is 6.04 Å². The van der Waals surface area contributed by atoms with Gasteiger partial charge in [0.1, 0.15) is 12.4 Å². The average Bonchev–Trinajstić information content (AvgIpc) is 2.53. The third-order valence-corrected chi connectivity index (χ3v) is 3.84. The van der Waals surface area contributed by atoms with Crippen molar-refractivity contribution in [3.8, 4) is 6.07 Å². The quantitative estimate of drug-likeness (QED) is 0.794. The van der Waals surface area contributed by atoms with Crippen LogP contribution in [0.5, 0.6) is 0 Å². The number of hydrogen-bond acceptors (Lipinski definition) is 3. The summed E-state index contributed by atoms with van der Waals surface area (Å²) in [5.41, 5.74) is 2.89. The average molecular weight is 299 g/mol. The van der Waals surface area contributed by atoms with Gasteiger partial charge in [0.2, 0.25) is 0 Å². The van der Waals surface area contributed by atoms with Gasteiger partial charge in [0.25, 0.3) is 0 Å². The van der Waals surface area contributed by atoms with E-state index in [2.05, 4.69) is 13.0 Å². The highest BCUT2D eigenvalue weighted by atomic mass is 35.5. The summed E-state index contributed by atoms with van der Waals surface area (Å²) in [4.78, 5) is 12.8. The van der Waals surface area contributed by atoms with Gasteiger partial charge in [0.05, 0.1) is 17.3 Å². The Morgan fingerprint density at radius 2 is 1.90 bits per heavy atom. The predicted molar refractivity (Wildman–Crippen MR) is 84.8 cm³/mol. The molecule has 0 heterocycles. The van der Waals surface area contributed by atoms with Crippen molar-refractivity contribution in [3.63, 3.8) is 0 Å². The molecular formula is C17H15ClN2O. The molecule has 0 saturated heterocycles. The molecule has 0 fully saturated rings. The van der Waals surface area contributed by atoms with Crippen molar-refractivity contribution in [2.45, 2.75) is 13.0 Å². The van der Waals surface area contributed by atoms with Gasteiger partial charge in [-0.1, -0.05) is 23.7 Å². The number of carbonyl (C=O) groups is 1. The van der Waals surface area contributed by atoms with Crippen molar-refractivity contribution in [1.82, 2.24) is 0 Å². The van der Waals surface area contributed by atoms with Crippen LogP contribution in [-0.2, 0) is 0 Å². The third-order valence-electron chi connectivity index (χ3n) is 3.59. The van der Waals surface area contributed by atoms with Gasteiger partial charge in [-0.2, -0.15) is 5.26 Å². The molecule has 21 heavy (non-hydrogen) atoms. The molecule has 0 saturated carbocycles. The lowest BCUT2D eigenvalue weighted by molar-refractivity contribution is 0.112. The zero-order valence-corrected chi connectivity index (χ0v) is 12.6. The first-order chi connectivity index (χ1) is 10.1. The van der Waals surface area contributed by atoms with Gasteiger partial charge in [0.15, 0.2) is 0 Å². The maximum absolute atomic E-state index is 10.8. The number of anilines is 1. The lowest BCUT2D eigenvalue weighted by atomic mass is 10.0. The van der Waals surface area contributed by atoms with Gasteiger partial charge in [-0.05, 0) is 42.8 Å². The van der Waals surface area contributed by atoms with E-state index < -0.39 is 0 Å². The largest absolute Gasteiger partial charge is 0.367 e. The fourth-order valence-corrected chi connectivity index (χ4v) is 2.32. The molecular weight excluding hydrogens is 284 g/mol. The van der Waals surface area contributed by atoms with E-state index in [4.69, 9.17) is 11.6 Å². The highest BCUT2D eigenvalue weighted by Gasteiger charge is 2.15. The lowest BCUT2D eigenvalue weighted by Gasteiger charge is -2.28. The molecule has 0 aliphatic carbocycles. The van der Waals surface area contributed by atoms with Crippen LogP contribution in [0, 0.1) is 11.3 Å². The Balaban J connectivity index is 2.35. The summed E-state index contributed by atoms with van der Waals surface area (Å²) in [6.45, 7) is 2.05. The molecule has 0 aliphatic rings. The first kappa shape index (κ1) is 15.1. The fraction of sp³-hybridized carbons (Fsp3) is 0.176. The highest BCUT2D eigenvalue weighted by Crippen LogP contribution is 2.29. The second kappa shape index (κ2) is 6.43. The molecule has 2 rings (SSSR count). The summed E-state index contributed by atoms with van der Waals surface area (Å²) in [7, 11) is 1.93. The number of nitriles is 1. The molecule has 2 aromatic carbocycles. The predicted octanol–water partition coefficient (Wildman–Crippen LogP) is 4.22. The Bertz CT molecular complexity index is 689. The van der Waals surface area contributed by atoms with Gasteiger partial charge < -0.3 is 4.90 Å². The number of benzene rings is 2. The third kappa shape index (κ3) is 3.24. The Morgan fingerprint density at radius 1 is 1.24 bits per heavy atom. The molecule has 0 aliphatic heterocycles. The minimum absolute atomic E-state index is 0.0800. The van der Waals surface area contributed by atoms with E-state index in [0.29, 0.717) is 16.1 Å². The molecule has 0 spiro atoms. The van der Waals surface area contributed by atoms with Crippen molar-refractivity contribution < 1.29 is 4.79 Å². The smallest absolute Gasteiger partial charge is 0.150 e. The number of aldehydes is 1. The van der Waals surface area contributed by atoms with Crippen LogP contribution in [0.1, 0.15) is 34.5 Å². The molecule has 106 valence electrons. The summed E-state index contributed by atoms with van der Waals surface area (Å²) in [5, 5.41) is 9.96. The van der Waals surface area contributed by atoms with E-state index in [9.17, 15) is 10.1 Å².